The summed E-state index contributed by atoms with van der Waals surface area (Å²) in [6.07, 6.45) is -3.14. The highest BCUT2D eigenvalue weighted by Gasteiger charge is 2.49. The maximum atomic E-state index is 13.1. The summed E-state index contributed by atoms with van der Waals surface area (Å²) in [5.41, 5.74) is 8.13. The highest BCUT2D eigenvalue weighted by atomic mass is 19.4. The Morgan fingerprint density at radius 3 is 2.68 bits per heavy atom. The molecule has 1 amide bonds. The van der Waals surface area contributed by atoms with Crippen LogP contribution >= 0.6 is 0 Å². The number of amides is 1. The summed E-state index contributed by atoms with van der Waals surface area (Å²) >= 11 is 0. The molecule has 25 heavy (non-hydrogen) atoms. The van der Waals surface area contributed by atoms with E-state index in [-0.39, 0.29) is 13.0 Å². The standard InChI is InChI=1S/C17H17F3N4O/c1-10-4-5-12(8-13(10)14-3-2-6-22-23-14)24-9-11(17(18,19)20)7-15(24)16(21)25/h2-6,8,11,15H,7,9H2,1H3,(H2,21,25). The van der Waals surface area contributed by atoms with Crippen molar-refractivity contribution in [2.75, 3.05) is 11.4 Å². The quantitative estimate of drug-likeness (QED) is 0.924. The lowest BCUT2D eigenvalue weighted by molar-refractivity contribution is -0.168. The number of hydrogen-bond donors (Lipinski definition) is 1. The summed E-state index contributed by atoms with van der Waals surface area (Å²) in [7, 11) is 0. The summed E-state index contributed by atoms with van der Waals surface area (Å²) in [5.74, 6) is -2.33. The topological polar surface area (TPSA) is 72.1 Å². The Balaban J connectivity index is 1.99. The minimum atomic E-state index is -4.36. The molecule has 2 N–H and O–H groups in total. The van der Waals surface area contributed by atoms with Gasteiger partial charge in [-0.1, -0.05) is 6.07 Å². The predicted octanol–water partition coefficient (Wildman–Crippen LogP) is 2.69. The average Bonchev–Trinajstić information content (AvgIpc) is 3.02. The molecule has 0 spiro atoms. The first-order chi connectivity index (χ1) is 11.8. The number of nitrogens with two attached hydrogens (primary N) is 1. The highest BCUT2D eigenvalue weighted by molar-refractivity contribution is 5.85. The van der Waals surface area contributed by atoms with Gasteiger partial charge in [0.05, 0.1) is 11.6 Å². The maximum absolute atomic E-state index is 13.1. The Morgan fingerprint density at radius 2 is 2.08 bits per heavy atom. The van der Waals surface area contributed by atoms with Gasteiger partial charge in [-0.05, 0) is 43.2 Å². The van der Waals surface area contributed by atoms with Gasteiger partial charge in [0.25, 0.3) is 0 Å². The van der Waals surface area contributed by atoms with Crippen LogP contribution in [0.2, 0.25) is 0 Å². The van der Waals surface area contributed by atoms with Crippen LogP contribution in [0.25, 0.3) is 11.3 Å². The third-order valence-electron chi connectivity index (χ3n) is 4.49. The smallest absolute Gasteiger partial charge is 0.368 e. The van der Waals surface area contributed by atoms with Crippen LogP contribution in [-0.2, 0) is 4.79 Å². The minimum absolute atomic E-state index is 0.292. The molecule has 1 aromatic carbocycles. The summed E-state index contributed by atoms with van der Waals surface area (Å²) in [6, 6.07) is 7.74. The zero-order chi connectivity index (χ0) is 18.2. The van der Waals surface area contributed by atoms with Crippen molar-refractivity contribution in [3.05, 3.63) is 42.1 Å². The van der Waals surface area contributed by atoms with Crippen molar-refractivity contribution in [1.29, 1.82) is 0 Å². The fourth-order valence-corrected chi connectivity index (χ4v) is 3.14. The van der Waals surface area contributed by atoms with Gasteiger partial charge in [0, 0.05) is 24.0 Å². The van der Waals surface area contributed by atoms with Gasteiger partial charge in [-0.15, -0.1) is 0 Å². The van der Waals surface area contributed by atoms with E-state index in [1.165, 1.54) is 4.90 Å². The molecule has 1 aromatic heterocycles. The summed E-state index contributed by atoms with van der Waals surface area (Å²) < 4.78 is 39.3. The van der Waals surface area contributed by atoms with Crippen molar-refractivity contribution >= 4 is 11.6 Å². The molecule has 0 radical (unpaired) electrons. The molecule has 3 rings (SSSR count). The first-order valence-corrected chi connectivity index (χ1v) is 7.79. The number of primary amides is 1. The van der Waals surface area contributed by atoms with Crippen LogP contribution in [0.4, 0.5) is 18.9 Å². The fourth-order valence-electron chi connectivity index (χ4n) is 3.14. The molecule has 1 aliphatic heterocycles. The Morgan fingerprint density at radius 1 is 1.32 bits per heavy atom. The van der Waals surface area contributed by atoms with Gasteiger partial charge >= 0.3 is 6.18 Å². The molecule has 1 saturated heterocycles. The van der Waals surface area contributed by atoms with Crippen molar-refractivity contribution in [2.45, 2.75) is 25.6 Å². The van der Waals surface area contributed by atoms with Crippen molar-refractivity contribution < 1.29 is 18.0 Å². The summed E-state index contributed by atoms with van der Waals surface area (Å²) in [6.45, 7) is 1.59. The number of aromatic nitrogens is 2. The molecule has 8 heteroatoms. The summed E-state index contributed by atoms with van der Waals surface area (Å²) in [5, 5.41) is 7.88. The number of carbonyl (C=O) groups is 1. The lowest BCUT2D eigenvalue weighted by Gasteiger charge is -2.25. The van der Waals surface area contributed by atoms with Crippen molar-refractivity contribution in [2.24, 2.45) is 11.7 Å². The van der Waals surface area contributed by atoms with Crippen LogP contribution in [0, 0.1) is 12.8 Å². The molecule has 1 aliphatic rings. The van der Waals surface area contributed by atoms with Crippen LogP contribution in [0.3, 0.4) is 0 Å². The number of carbonyl (C=O) groups excluding carboxylic acids is 1. The Hall–Kier alpha value is -2.64. The first kappa shape index (κ1) is 17.2. The number of nitrogens with zero attached hydrogens (tertiary/aromatic N) is 3. The van der Waals surface area contributed by atoms with Crippen LogP contribution in [0.15, 0.2) is 36.5 Å². The molecule has 2 unspecified atom stereocenters. The SMILES string of the molecule is Cc1ccc(N2CC(C(F)(F)F)CC2C(N)=O)cc1-c1cccnn1. The largest absolute Gasteiger partial charge is 0.393 e. The van der Waals surface area contributed by atoms with Gasteiger partial charge in [0.1, 0.15) is 6.04 Å². The van der Waals surface area contributed by atoms with Crippen molar-refractivity contribution in [3.63, 3.8) is 0 Å². The zero-order valence-electron chi connectivity index (χ0n) is 13.5. The van der Waals surface area contributed by atoms with Crippen molar-refractivity contribution in [1.82, 2.24) is 10.2 Å². The number of hydrogen-bond acceptors (Lipinski definition) is 4. The number of alkyl halides is 3. The highest BCUT2D eigenvalue weighted by Crippen LogP contribution is 2.39. The summed E-state index contributed by atoms with van der Waals surface area (Å²) in [4.78, 5) is 13.1. The Bertz CT molecular complexity index is 779. The maximum Gasteiger partial charge on any atom is 0.393 e. The second kappa shape index (κ2) is 6.34. The molecule has 2 aromatic rings. The fraction of sp³-hybridized carbons (Fsp3) is 0.353. The van der Waals surface area contributed by atoms with Gasteiger partial charge in [-0.2, -0.15) is 23.4 Å². The van der Waals surface area contributed by atoms with E-state index in [1.807, 2.05) is 6.92 Å². The zero-order valence-corrected chi connectivity index (χ0v) is 13.5. The molecule has 2 atom stereocenters. The Labute approximate surface area is 142 Å². The number of benzene rings is 1. The van der Waals surface area contributed by atoms with Crippen LogP contribution in [0.1, 0.15) is 12.0 Å². The lowest BCUT2D eigenvalue weighted by atomic mass is 10.0. The number of halogens is 3. The van der Waals surface area contributed by atoms with Crippen LogP contribution in [-0.4, -0.2) is 34.9 Å². The number of rotatable bonds is 3. The van der Waals surface area contributed by atoms with E-state index < -0.39 is 24.0 Å². The molecule has 132 valence electrons. The van der Waals surface area contributed by atoms with E-state index in [1.54, 1.807) is 36.5 Å². The lowest BCUT2D eigenvalue weighted by Crippen LogP contribution is -2.40. The second-order valence-electron chi connectivity index (χ2n) is 6.15. The second-order valence-corrected chi connectivity index (χ2v) is 6.15. The minimum Gasteiger partial charge on any atom is -0.368 e. The number of aryl methyl sites for hydroxylation is 1. The van der Waals surface area contributed by atoms with Gasteiger partial charge in [0.15, 0.2) is 0 Å². The third kappa shape index (κ3) is 3.42. The molecule has 2 heterocycles. The first-order valence-electron chi connectivity index (χ1n) is 7.79. The molecular weight excluding hydrogens is 333 g/mol. The van der Waals surface area contributed by atoms with Crippen LogP contribution < -0.4 is 10.6 Å². The van der Waals surface area contributed by atoms with E-state index in [0.29, 0.717) is 11.4 Å². The monoisotopic (exact) mass is 350 g/mol. The van der Waals surface area contributed by atoms with Gasteiger partial charge in [0.2, 0.25) is 5.91 Å². The van der Waals surface area contributed by atoms with Crippen LogP contribution in [0.5, 0.6) is 0 Å². The predicted molar refractivity (Wildman–Crippen MR) is 86.7 cm³/mol. The molecular formula is C17H17F3N4O. The van der Waals surface area contributed by atoms with Gasteiger partial charge in [-0.25, -0.2) is 0 Å². The van der Waals surface area contributed by atoms with Crippen molar-refractivity contribution in [3.8, 4) is 11.3 Å². The van der Waals surface area contributed by atoms with E-state index in [9.17, 15) is 18.0 Å². The van der Waals surface area contributed by atoms with E-state index in [0.717, 1.165) is 11.1 Å². The normalized spacial score (nSPS) is 20.7. The number of anilines is 1. The average molecular weight is 350 g/mol. The molecule has 0 aliphatic carbocycles. The van der Waals surface area contributed by atoms with Gasteiger partial charge < -0.3 is 10.6 Å². The third-order valence-corrected chi connectivity index (χ3v) is 4.49. The molecule has 0 saturated carbocycles. The van der Waals surface area contributed by atoms with E-state index >= 15 is 0 Å². The molecule has 5 nitrogen and oxygen atoms in total. The van der Waals surface area contributed by atoms with E-state index in [2.05, 4.69) is 10.2 Å². The molecule has 1 fully saturated rings. The van der Waals surface area contributed by atoms with E-state index in [4.69, 9.17) is 5.73 Å². The Kier molecular flexibility index (Phi) is 4.36. The van der Waals surface area contributed by atoms with Gasteiger partial charge in [-0.3, -0.25) is 4.79 Å². The molecule has 0 bridgehead atoms.